The Labute approximate surface area is 136 Å². The van der Waals surface area contributed by atoms with E-state index in [9.17, 15) is 4.79 Å². The number of hydrogen-bond donors (Lipinski definition) is 1. The van der Waals surface area contributed by atoms with Crippen LogP contribution in [0.4, 0.5) is 0 Å². The van der Waals surface area contributed by atoms with E-state index in [1.54, 1.807) is 0 Å². The van der Waals surface area contributed by atoms with Crippen molar-refractivity contribution in [2.24, 2.45) is 11.3 Å². The number of amides is 1. The highest BCUT2D eigenvalue weighted by molar-refractivity contribution is 9.09. The number of rotatable bonds is 8. The van der Waals surface area contributed by atoms with Gasteiger partial charge in [-0.15, -0.1) is 0 Å². The Bertz CT molecular complexity index is 456. The van der Waals surface area contributed by atoms with Crippen LogP contribution < -0.4 is 5.32 Å². The molecule has 2 rings (SSSR count). The zero-order chi connectivity index (χ0) is 15.3. The summed E-state index contributed by atoms with van der Waals surface area (Å²) in [5, 5.41) is 4.25. The molecule has 1 aromatic carbocycles. The highest BCUT2D eigenvalue weighted by Gasteiger charge is 2.42. The Kier molecular flexibility index (Phi) is 5.86. The second-order valence-corrected chi connectivity index (χ2v) is 7.22. The molecule has 1 aromatic rings. The molecular weight excluding hydrogens is 326 g/mol. The van der Waals surface area contributed by atoms with E-state index < -0.39 is 0 Å². The van der Waals surface area contributed by atoms with Crippen LogP contribution in [-0.2, 0) is 4.79 Å². The fraction of sp³-hybridized carbons (Fsp3) is 0.611. The van der Waals surface area contributed by atoms with E-state index in [0.29, 0.717) is 11.3 Å². The Morgan fingerprint density at radius 1 is 1.33 bits per heavy atom. The molecule has 1 saturated carbocycles. The molecule has 0 aliphatic heterocycles. The summed E-state index contributed by atoms with van der Waals surface area (Å²) in [5.74, 6) is 0.520. The van der Waals surface area contributed by atoms with Gasteiger partial charge in [-0.25, -0.2) is 0 Å². The SMILES string of the molecule is CCC(C)C(C(=O)NCC1(CCBr)CC1)c1ccccc1. The molecule has 1 amide bonds. The minimum absolute atomic E-state index is 0.0315. The minimum atomic E-state index is -0.0315. The maximum absolute atomic E-state index is 12.7. The predicted molar refractivity (Wildman–Crippen MR) is 91.7 cm³/mol. The van der Waals surface area contributed by atoms with Crippen LogP contribution in [0.25, 0.3) is 0 Å². The number of halogens is 1. The first-order valence-corrected chi connectivity index (χ1v) is 9.12. The molecule has 0 spiro atoms. The van der Waals surface area contributed by atoms with Gasteiger partial charge in [0.05, 0.1) is 5.92 Å². The number of carbonyl (C=O) groups excluding carboxylic acids is 1. The molecule has 0 aromatic heterocycles. The molecule has 1 fully saturated rings. The lowest BCUT2D eigenvalue weighted by Gasteiger charge is -2.24. The van der Waals surface area contributed by atoms with Crippen LogP contribution in [0.2, 0.25) is 0 Å². The molecule has 2 atom stereocenters. The normalized spacial score (nSPS) is 18.8. The number of carbonyl (C=O) groups is 1. The standard InChI is InChI=1S/C18H26BrNO/c1-3-14(2)16(15-7-5-4-6-8-15)17(21)20-13-18(9-10-18)11-12-19/h4-8,14,16H,3,9-13H2,1-2H3,(H,20,21). The number of hydrogen-bond acceptors (Lipinski definition) is 1. The summed E-state index contributed by atoms with van der Waals surface area (Å²) in [5.41, 5.74) is 1.50. The van der Waals surface area contributed by atoms with E-state index in [0.717, 1.165) is 30.3 Å². The lowest BCUT2D eigenvalue weighted by atomic mass is 9.84. The monoisotopic (exact) mass is 351 g/mol. The van der Waals surface area contributed by atoms with Crippen LogP contribution in [0, 0.1) is 11.3 Å². The Morgan fingerprint density at radius 2 is 2.00 bits per heavy atom. The molecule has 1 aliphatic rings. The van der Waals surface area contributed by atoms with E-state index in [2.05, 4.69) is 47.2 Å². The largest absolute Gasteiger partial charge is 0.355 e. The fourth-order valence-electron chi connectivity index (χ4n) is 2.91. The maximum atomic E-state index is 12.7. The minimum Gasteiger partial charge on any atom is -0.355 e. The molecule has 0 heterocycles. The van der Waals surface area contributed by atoms with E-state index in [4.69, 9.17) is 0 Å². The van der Waals surface area contributed by atoms with Crippen molar-refractivity contribution >= 4 is 21.8 Å². The van der Waals surface area contributed by atoms with E-state index in [1.807, 2.05) is 18.2 Å². The van der Waals surface area contributed by atoms with Crippen LogP contribution in [0.5, 0.6) is 0 Å². The lowest BCUT2D eigenvalue weighted by molar-refractivity contribution is -0.124. The number of alkyl halides is 1. The molecule has 0 saturated heterocycles. The van der Waals surface area contributed by atoms with Crippen molar-refractivity contribution in [3.8, 4) is 0 Å². The third-order valence-electron chi connectivity index (χ3n) is 4.87. The van der Waals surface area contributed by atoms with E-state index >= 15 is 0 Å². The molecule has 0 radical (unpaired) electrons. The second-order valence-electron chi connectivity index (χ2n) is 6.43. The average molecular weight is 352 g/mol. The van der Waals surface area contributed by atoms with Crippen LogP contribution in [-0.4, -0.2) is 17.8 Å². The van der Waals surface area contributed by atoms with E-state index in [1.165, 1.54) is 12.8 Å². The van der Waals surface area contributed by atoms with Gasteiger partial charge in [0.1, 0.15) is 0 Å². The summed E-state index contributed by atoms with van der Waals surface area (Å²) >= 11 is 3.52. The lowest BCUT2D eigenvalue weighted by Crippen LogP contribution is -2.36. The third kappa shape index (κ3) is 4.32. The second kappa shape index (κ2) is 7.44. The van der Waals surface area contributed by atoms with Crippen LogP contribution in [0.1, 0.15) is 51.0 Å². The predicted octanol–water partition coefficient (Wildman–Crippen LogP) is 4.50. The zero-order valence-corrected chi connectivity index (χ0v) is 14.7. The summed E-state index contributed by atoms with van der Waals surface area (Å²) in [6.45, 7) is 5.15. The van der Waals surface area contributed by atoms with Crippen LogP contribution in [0.3, 0.4) is 0 Å². The van der Waals surface area contributed by atoms with Crippen molar-refractivity contribution in [3.63, 3.8) is 0 Å². The molecule has 1 aliphatic carbocycles. The summed E-state index contributed by atoms with van der Waals surface area (Å²) in [6.07, 6.45) is 4.67. The molecule has 2 unspecified atom stereocenters. The molecule has 0 bridgehead atoms. The van der Waals surface area contributed by atoms with E-state index in [-0.39, 0.29) is 11.8 Å². The van der Waals surface area contributed by atoms with Gasteiger partial charge in [0.25, 0.3) is 0 Å². The van der Waals surface area contributed by atoms with Gasteiger partial charge in [-0.3, -0.25) is 4.79 Å². The molecule has 2 nitrogen and oxygen atoms in total. The average Bonchev–Trinajstić information content (AvgIpc) is 3.27. The van der Waals surface area contributed by atoms with Gasteiger partial charge in [-0.05, 0) is 36.2 Å². The first-order valence-electron chi connectivity index (χ1n) is 8.00. The third-order valence-corrected chi connectivity index (χ3v) is 5.27. The fourth-order valence-corrected chi connectivity index (χ4v) is 3.75. The van der Waals surface area contributed by atoms with Crippen LogP contribution in [0.15, 0.2) is 30.3 Å². The Hall–Kier alpha value is -0.830. The van der Waals surface area contributed by atoms with Gasteiger partial charge in [0.2, 0.25) is 5.91 Å². The molecule has 3 heteroatoms. The summed E-state index contributed by atoms with van der Waals surface area (Å²) in [4.78, 5) is 12.7. The zero-order valence-electron chi connectivity index (χ0n) is 13.1. The van der Waals surface area contributed by atoms with Crippen molar-refractivity contribution in [2.45, 2.75) is 45.4 Å². The van der Waals surface area contributed by atoms with Crippen LogP contribution >= 0.6 is 15.9 Å². The van der Waals surface area contributed by atoms with Crippen molar-refractivity contribution in [1.82, 2.24) is 5.32 Å². The van der Waals surface area contributed by atoms with Crippen molar-refractivity contribution < 1.29 is 4.79 Å². The van der Waals surface area contributed by atoms with Gasteiger partial charge in [-0.2, -0.15) is 0 Å². The van der Waals surface area contributed by atoms with Gasteiger partial charge < -0.3 is 5.32 Å². The quantitative estimate of drug-likeness (QED) is 0.686. The highest BCUT2D eigenvalue weighted by atomic mass is 79.9. The number of nitrogens with one attached hydrogen (secondary N) is 1. The number of benzene rings is 1. The molecule has 1 N–H and O–H groups in total. The van der Waals surface area contributed by atoms with Gasteiger partial charge >= 0.3 is 0 Å². The highest BCUT2D eigenvalue weighted by Crippen LogP contribution is 2.48. The first-order chi connectivity index (χ1) is 10.1. The van der Waals surface area contributed by atoms with Crippen molar-refractivity contribution in [3.05, 3.63) is 35.9 Å². The Morgan fingerprint density at radius 3 is 2.52 bits per heavy atom. The van der Waals surface area contributed by atoms with Crippen molar-refractivity contribution in [1.29, 1.82) is 0 Å². The van der Waals surface area contributed by atoms with Gasteiger partial charge in [-0.1, -0.05) is 66.5 Å². The summed E-state index contributed by atoms with van der Waals surface area (Å²) in [7, 11) is 0. The molecule has 116 valence electrons. The summed E-state index contributed by atoms with van der Waals surface area (Å²) in [6, 6.07) is 10.2. The topological polar surface area (TPSA) is 29.1 Å². The molecular formula is C18H26BrNO. The van der Waals surface area contributed by atoms with Crippen molar-refractivity contribution in [2.75, 3.05) is 11.9 Å². The molecule has 21 heavy (non-hydrogen) atoms. The van der Waals surface area contributed by atoms with Gasteiger partial charge in [0.15, 0.2) is 0 Å². The summed E-state index contributed by atoms with van der Waals surface area (Å²) < 4.78 is 0. The Balaban J connectivity index is 2.02. The first kappa shape index (κ1) is 16.5. The maximum Gasteiger partial charge on any atom is 0.227 e. The smallest absolute Gasteiger partial charge is 0.227 e. The van der Waals surface area contributed by atoms with Gasteiger partial charge in [0, 0.05) is 11.9 Å².